The first-order valence-corrected chi connectivity index (χ1v) is 6.83. The Bertz CT molecular complexity index is 444. The van der Waals surface area contributed by atoms with E-state index in [1.807, 2.05) is 13.8 Å². The molecule has 3 aliphatic rings. The Labute approximate surface area is 112 Å². The van der Waals surface area contributed by atoms with Crippen molar-refractivity contribution in [3.8, 4) is 0 Å². The van der Waals surface area contributed by atoms with Gasteiger partial charge >= 0.3 is 0 Å². The van der Waals surface area contributed by atoms with Gasteiger partial charge in [0.05, 0.1) is 16.8 Å². The number of piperidine rings is 1. The van der Waals surface area contributed by atoms with E-state index in [9.17, 15) is 9.59 Å². The molecule has 2 aliphatic carbocycles. The minimum Gasteiger partial charge on any atom is -0.393 e. The lowest BCUT2D eigenvalue weighted by atomic mass is 10.00. The fourth-order valence-corrected chi connectivity index (χ4v) is 3.74. The Morgan fingerprint density at radius 2 is 1.83 bits per heavy atom. The highest BCUT2D eigenvalue weighted by molar-refractivity contribution is 7.80. The zero-order chi connectivity index (χ0) is 13.3. The van der Waals surface area contributed by atoms with Crippen molar-refractivity contribution in [3.63, 3.8) is 0 Å². The number of nitrogens with zero attached hydrogens (tertiary/aromatic N) is 1. The zero-order valence-corrected chi connectivity index (χ0v) is 11.5. The molecule has 4 nitrogen and oxygen atoms in total. The van der Waals surface area contributed by atoms with Crippen LogP contribution in [0.5, 0.6) is 0 Å². The van der Waals surface area contributed by atoms with E-state index in [0.29, 0.717) is 18.0 Å². The van der Waals surface area contributed by atoms with Crippen molar-refractivity contribution in [1.29, 1.82) is 0 Å². The number of nitrogens with two attached hydrogens (primary N) is 1. The van der Waals surface area contributed by atoms with Crippen LogP contribution in [0.15, 0.2) is 0 Å². The number of rotatable bonds is 4. The number of likely N-dealkylation sites (tertiary alicyclic amines) is 1. The number of imide groups is 1. The van der Waals surface area contributed by atoms with Crippen molar-refractivity contribution in [1.82, 2.24) is 4.90 Å². The van der Waals surface area contributed by atoms with Crippen LogP contribution in [-0.2, 0) is 9.59 Å². The summed E-state index contributed by atoms with van der Waals surface area (Å²) in [7, 11) is 0. The topological polar surface area (TPSA) is 63.4 Å². The second kappa shape index (κ2) is 3.32. The van der Waals surface area contributed by atoms with E-state index in [4.69, 9.17) is 18.0 Å². The molecule has 2 unspecified atom stereocenters. The van der Waals surface area contributed by atoms with E-state index < -0.39 is 0 Å². The maximum Gasteiger partial charge on any atom is 0.233 e. The van der Waals surface area contributed by atoms with Crippen LogP contribution < -0.4 is 5.73 Å². The Balaban J connectivity index is 1.71. The second-order valence-electron chi connectivity index (χ2n) is 6.68. The fraction of sp³-hybridized carbons (Fsp3) is 0.769. The minimum atomic E-state index is -0.120. The van der Waals surface area contributed by atoms with Gasteiger partial charge in [-0.15, -0.1) is 0 Å². The number of carbonyl (C=O) groups excluding carboxylic acids is 2. The molecule has 0 bridgehead atoms. The van der Waals surface area contributed by atoms with Gasteiger partial charge in [0.1, 0.15) is 0 Å². The summed E-state index contributed by atoms with van der Waals surface area (Å²) in [4.78, 5) is 26.4. The maximum absolute atomic E-state index is 12.2. The maximum atomic E-state index is 12.2. The predicted octanol–water partition coefficient (Wildman–Crippen LogP) is 1.08. The summed E-state index contributed by atoms with van der Waals surface area (Å²) in [5.74, 6) is -0.121. The molecular weight excluding hydrogens is 248 g/mol. The third kappa shape index (κ3) is 1.53. The fourth-order valence-electron chi connectivity index (χ4n) is 3.43. The Morgan fingerprint density at radius 3 is 2.22 bits per heavy atom. The summed E-state index contributed by atoms with van der Waals surface area (Å²) < 4.78 is 0. The number of fused-ring (bicyclic) bond motifs is 1. The molecule has 3 fully saturated rings. The predicted molar refractivity (Wildman–Crippen MR) is 70.6 cm³/mol. The van der Waals surface area contributed by atoms with Gasteiger partial charge in [0.2, 0.25) is 11.8 Å². The molecule has 1 aliphatic heterocycles. The van der Waals surface area contributed by atoms with Gasteiger partial charge in [-0.3, -0.25) is 14.5 Å². The molecule has 2 N–H and O–H groups in total. The van der Waals surface area contributed by atoms with Crippen molar-refractivity contribution in [2.45, 2.75) is 33.1 Å². The minimum absolute atomic E-state index is 0.00191. The van der Waals surface area contributed by atoms with Crippen molar-refractivity contribution < 1.29 is 9.59 Å². The van der Waals surface area contributed by atoms with Gasteiger partial charge in [-0.25, -0.2) is 0 Å². The highest BCUT2D eigenvalue weighted by Crippen LogP contribution is 2.64. The molecule has 2 saturated carbocycles. The molecule has 0 aromatic heterocycles. The highest BCUT2D eigenvalue weighted by atomic mass is 32.1. The molecule has 98 valence electrons. The molecule has 2 amide bonds. The van der Waals surface area contributed by atoms with Gasteiger partial charge in [-0.1, -0.05) is 26.1 Å². The van der Waals surface area contributed by atoms with E-state index in [1.165, 1.54) is 4.90 Å². The molecule has 18 heavy (non-hydrogen) atoms. The summed E-state index contributed by atoms with van der Waals surface area (Å²) in [5, 5.41) is 0. The standard InChI is InChI=1S/C13H18N2O2S/c1-12(2)8-9(12)11(17)15(10(8)16)6-13(3-4-13)5-7(14)18/h8-9H,3-6H2,1-2H3,(H2,14,18). The first kappa shape index (κ1) is 12.1. The van der Waals surface area contributed by atoms with Gasteiger partial charge in [-0.2, -0.15) is 0 Å². The van der Waals surface area contributed by atoms with E-state index in [0.717, 1.165) is 12.8 Å². The molecule has 0 aromatic carbocycles. The van der Waals surface area contributed by atoms with Crippen LogP contribution in [0.25, 0.3) is 0 Å². The molecule has 0 radical (unpaired) electrons. The summed E-state index contributed by atoms with van der Waals surface area (Å²) >= 11 is 4.94. The number of thiocarbonyl (C=S) groups is 1. The summed E-state index contributed by atoms with van der Waals surface area (Å²) in [6.07, 6.45) is 2.68. The number of hydrogen-bond acceptors (Lipinski definition) is 3. The quantitative estimate of drug-likeness (QED) is 0.611. The molecule has 1 saturated heterocycles. The lowest BCUT2D eigenvalue weighted by Gasteiger charge is -2.25. The average Bonchev–Trinajstić information content (AvgIpc) is 3.07. The van der Waals surface area contributed by atoms with Gasteiger partial charge in [0, 0.05) is 13.0 Å². The largest absolute Gasteiger partial charge is 0.393 e. The number of hydrogen-bond donors (Lipinski definition) is 1. The SMILES string of the molecule is CC1(C)C2C(=O)N(CC3(CC(N)=S)CC3)C(=O)C21. The summed E-state index contributed by atoms with van der Waals surface area (Å²) in [6, 6.07) is 0. The molecule has 0 aromatic rings. The van der Waals surface area contributed by atoms with Crippen LogP contribution in [0.4, 0.5) is 0 Å². The van der Waals surface area contributed by atoms with Gasteiger partial charge < -0.3 is 5.73 Å². The van der Waals surface area contributed by atoms with Gasteiger partial charge in [0.15, 0.2) is 0 Å². The second-order valence-corrected chi connectivity index (χ2v) is 7.21. The van der Waals surface area contributed by atoms with Crippen molar-refractivity contribution in [2.75, 3.05) is 6.54 Å². The lowest BCUT2D eigenvalue weighted by molar-refractivity contribution is -0.144. The summed E-state index contributed by atoms with van der Waals surface area (Å²) in [5.41, 5.74) is 5.46. The Hall–Kier alpha value is -0.970. The van der Waals surface area contributed by atoms with Crippen molar-refractivity contribution in [2.24, 2.45) is 28.4 Å². The first-order chi connectivity index (χ1) is 8.28. The molecule has 3 rings (SSSR count). The molecule has 5 heteroatoms. The third-order valence-corrected chi connectivity index (χ3v) is 5.04. The van der Waals surface area contributed by atoms with Gasteiger partial charge in [0.25, 0.3) is 0 Å². The van der Waals surface area contributed by atoms with Crippen LogP contribution in [0, 0.1) is 22.7 Å². The lowest BCUT2D eigenvalue weighted by Crippen LogP contribution is -2.41. The van der Waals surface area contributed by atoms with Crippen LogP contribution in [0.1, 0.15) is 33.1 Å². The third-order valence-electron chi connectivity index (χ3n) is 4.89. The highest BCUT2D eigenvalue weighted by Gasteiger charge is 2.73. The average molecular weight is 266 g/mol. The van der Waals surface area contributed by atoms with E-state index in [2.05, 4.69) is 0 Å². The molecule has 2 atom stereocenters. The molecule has 0 spiro atoms. The van der Waals surface area contributed by atoms with E-state index in [-0.39, 0.29) is 34.5 Å². The van der Waals surface area contributed by atoms with E-state index >= 15 is 0 Å². The van der Waals surface area contributed by atoms with Crippen LogP contribution >= 0.6 is 12.2 Å². The summed E-state index contributed by atoms with van der Waals surface area (Å²) in [6.45, 7) is 4.51. The zero-order valence-electron chi connectivity index (χ0n) is 10.7. The molecule has 1 heterocycles. The van der Waals surface area contributed by atoms with E-state index in [1.54, 1.807) is 0 Å². The smallest absolute Gasteiger partial charge is 0.233 e. The normalized spacial score (nSPS) is 34.4. The van der Waals surface area contributed by atoms with Crippen LogP contribution in [0.3, 0.4) is 0 Å². The Morgan fingerprint density at radius 1 is 1.33 bits per heavy atom. The molecular formula is C13H18N2O2S. The Kier molecular flexibility index (Phi) is 2.23. The monoisotopic (exact) mass is 266 g/mol. The van der Waals surface area contributed by atoms with Gasteiger partial charge in [-0.05, 0) is 23.7 Å². The number of amides is 2. The van der Waals surface area contributed by atoms with Crippen LogP contribution in [-0.4, -0.2) is 28.2 Å². The van der Waals surface area contributed by atoms with Crippen LogP contribution in [0.2, 0.25) is 0 Å². The van der Waals surface area contributed by atoms with Crippen molar-refractivity contribution >= 4 is 29.0 Å². The number of carbonyl (C=O) groups is 2. The first-order valence-electron chi connectivity index (χ1n) is 6.42. The van der Waals surface area contributed by atoms with Crippen molar-refractivity contribution in [3.05, 3.63) is 0 Å².